The largest absolute Gasteiger partial charge is 0.455 e. The number of halogens is 2. The van der Waals surface area contributed by atoms with Crippen LogP contribution in [-0.4, -0.2) is 0 Å². The third kappa shape index (κ3) is 3.63. The number of hydrogen-bond acceptors (Lipinski definition) is 2. The Morgan fingerprint density at radius 2 is 1.57 bits per heavy atom. The molecule has 0 aliphatic carbocycles. The summed E-state index contributed by atoms with van der Waals surface area (Å²) in [7, 11) is 0. The zero-order valence-corrected chi connectivity index (χ0v) is 14.1. The van der Waals surface area contributed by atoms with Crippen molar-refractivity contribution in [3.8, 4) is 11.5 Å². The average molecular weight is 324 g/mol. The summed E-state index contributed by atoms with van der Waals surface area (Å²) in [5, 5.41) is 0.840. The molecule has 0 spiro atoms. The van der Waals surface area contributed by atoms with Crippen LogP contribution in [0.1, 0.15) is 31.9 Å². The van der Waals surface area contributed by atoms with Gasteiger partial charge in [-0.1, -0.05) is 61.7 Å². The Bertz CT molecular complexity index is 675. The van der Waals surface area contributed by atoms with E-state index in [-0.39, 0.29) is 5.41 Å². The second-order valence-corrected chi connectivity index (χ2v) is 6.97. The van der Waals surface area contributed by atoms with E-state index in [9.17, 15) is 0 Å². The first-order valence-electron chi connectivity index (χ1n) is 6.72. The lowest BCUT2D eigenvalue weighted by Gasteiger charge is -2.23. The Morgan fingerprint density at radius 1 is 0.952 bits per heavy atom. The highest BCUT2D eigenvalue weighted by Crippen LogP contribution is 2.39. The van der Waals surface area contributed by atoms with Gasteiger partial charge >= 0.3 is 0 Å². The SMILES string of the molecule is Cc1ccc(Oc2cc(Cl)c(Cl)cc2N)c(C(C)(C)C)c1. The molecule has 112 valence electrons. The standard InChI is InChI=1S/C17H19Cl2NO/c1-10-5-6-15(11(7-10)17(2,3)4)21-16-9-13(19)12(18)8-14(16)20/h5-9H,20H2,1-4H3. The summed E-state index contributed by atoms with van der Waals surface area (Å²) in [6.45, 7) is 8.50. The molecule has 2 aromatic rings. The van der Waals surface area contributed by atoms with Gasteiger partial charge in [0.2, 0.25) is 0 Å². The first-order valence-corrected chi connectivity index (χ1v) is 7.47. The molecule has 2 nitrogen and oxygen atoms in total. The lowest BCUT2D eigenvalue weighted by atomic mass is 9.85. The van der Waals surface area contributed by atoms with E-state index in [4.69, 9.17) is 33.7 Å². The van der Waals surface area contributed by atoms with Crippen LogP contribution in [0.5, 0.6) is 11.5 Å². The van der Waals surface area contributed by atoms with E-state index in [1.54, 1.807) is 12.1 Å². The fourth-order valence-electron chi connectivity index (χ4n) is 2.07. The van der Waals surface area contributed by atoms with E-state index in [0.717, 1.165) is 11.3 Å². The summed E-state index contributed by atoms with van der Waals surface area (Å²) >= 11 is 12.0. The highest BCUT2D eigenvalue weighted by atomic mass is 35.5. The molecule has 4 heteroatoms. The first-order chi connectivity index (χ1) is 9.68. The Hall–Kier alpha value is -1.38. The van der Waals surface area contributed by atoms with Crippen LogP contribution in [0.25, 0.3) is 0 Å². The number of anilines is 1. The van der Waals surface area contributed by atoms with Crippen molar-refractivity contribution in [2.45, 2.75) is 33.1 Å². The smallest absolute Gasteiger partial charge is 0.151 e. The van der Waals surface area contributed by atoms with E-state index in [1.165, 1.54) is 5.56 Å². The van der Waals surface area contributed by atoms with Crippen LogP contribution < -0.4 is 10.5 Å². The fraction of sp³-hybridized carbons (Fsp3) is 0.294. The van der Waals surface area contributed by atoms with Crippen LogP contribution in [0, 0.1) is 6.92 Å². The third-order valence-corrected chi connectivity index (χ3v) is 3.94. The second kappa shape index (κ2) is 5.78. The molecule has 0 saturated heterocycles. The summed E-state index contributed by atoms with van der Waals surface area (Å²) in [4.78, 5) is 0. The lowest BCUT2D eigenvalue weighted by Crippen LogP contribution is -2.13. The summed E-state index contributed by atoms with van der Waals surface area (Å²) in [5.74, 6) is 1.29. The van der Waals surface area contributed by atoms with Crippen molar-refractivity contribution in [2.24, 2.45) is 0 Å². The van der Waals surface area contributed by atoms with Crippen molar-refractivity contribution in [1.29, 1.82) is 0 Å². The van der Waals surface area contributed by atoms with Gasteiger partial charge in [-0.05, 0) is 24.5 Å². The van der Waals surface area contributed by atoms with Crippen molar-refractivity contribution in [1.82, 2.24) is 0 Å². The number of rotatable bonds is 2. The topological polar surface area (TPSA) is 35.2 Å². The molecule has 2 rings (SSSR count). The highest BCUT2D eigenvalue weighted by molar-refractivity contribution is 6.42. The van der Waals surface area contributed by atoms with Crippen LogP contribution in [0.3, 0.4) is 0 Å². The molecule has 0 unspecified atom stereocenters. The zero-order valence-electron chi connectivity index (χ0n) is 12.6. The van der Waals surface area contributed by atoms with Gasteiger partial charge in [-0.3, -0.25) is 0 Å². The maximum atomic E-state index is 6.04. The van der Waals surface area contributed by atoms with Gasteiger partial charge in [0.1, 0.15) is 5.75 Å². The van der Waals surface area contributed by atoms with Gasteiger partial charge < -0.3 is 10.5 Å². The van der Waals surface area contributed by atoms with Gasteiger partial charge in [0.25, 0.3) is 0 Å². The minimum atomic E-state index is -0.0354. The first kappa shape index (κ1) is 16.0. The maximum Gasteiger partial charge on any atom is 0.151 e. The highest BCUT2D eigenvalue weighted by Gasteiger charge is 2.20. The Labute approximate surface area is 135 Å². The van der Waals surface area contributed by atoms with Gasteiger partial charge in [0, 0.05) is 11.6 Å². The molecular weight excluding hydrogens is 305 g/mol. The van der Waals surface area contributed by atoms with Crippen molar-refractivity contribution in [3.63, 3.8) is 0 Å². The van der Waals surface area contributed by atoms with Crippen LogP contribution in [-0.2, 0) is 5.41 Å². The number of nitrogen functional groups attached to an aromatic ring is 1. The van der Waals surface area contributed by atoms with Crippen molar-refractivity contribution in [2.75, 3.05) is 5.73 Å². The molecule has 0 heterocycles. The van der Waals surface area contributed by atoms with E-state index < -0.39 is 0 Å². The number of nitrogens with two attached hydrogens (primary N) is 1. The van der Waals surface area contributed by atoms with Crippen LogP contribution >= 0.6 is 23.2 Å². The van der Waals surface area contributed by atoms with Gasteiger partial charge in [0.15, 0.2) is 5.75 Å². The number of hydrogen-bond donors (Lipinski definition) is 1. The molecule has 2 aromatic carbocycles. The van der Waals surface area contributed by atoms with E-state index in [2.05, 4.69) is 33.8 Å². The van der Waals surface area contributed by atoms with Crippen LogP contribution in [0.15, 0.2) is 30.3 Å². The minimum Gasteiger partial charge on any atom is -0.455 e. The molecule has 21 heavy (non-hydrogen) atoms. The summed E-state index contributed by atoms with van der Waals surface area (Å²) < 4.78 is 5.99. The predicted molar refractivity (Wildman–Crippen MR) is 90.8 cm³/mol. The zero-order chi connectivity index (χ0) is 15.8. The van der Waals surface area contributed by atoms with Gasteiger partial charge in [-0.2, -0.15) is 0 Å². The molecule has 0 bridgehead atoms. The van der Waals surface area contributed by atoms with E-state index >= 15 is 0 Å². The second-order valence-electron chi connectivity index (χ2n) is 6.16. The van der Waals surface area contributed by atoms with Gasteiger partial charge in [0.05, 0.1) is 15.7 Å². The normalized spacial score (nSPS) is 11.5. The molecular formula is C17H19Cl2NO. The van der Waals surface area contributed by atoms with E-state index in [1.807, 2.05) is 12.1 Å². The monoisotopic (exact) mass is 323 g/mol. The number of benzene rings is 2. The Kier molecular flexibility index (Phi) is 4.40. The summed E-state index contributed by atoms with van der Waals surface area (Å²) in [6, 6.07) is 9.34. The van der Waals surface area contributed by atoms with Crippen LogP contribution in [0.2, 0.25) is 10.0 Å². The lowest BCUT2D eigenvalue weighted by molar-refractivity contribution is 0.457. The average Bonchev–Trinajstić information content (AvgIpc) is 2.36. The maximum absolute atomic E-state index is 6.04. The molecule has 0 aliphatic heterocycles. The molecule has 0 aliphatic rings. The molecule has 0 fully saturated rings. The van der Waals surface area contributed by atoms with Crippen molar-refractivity contribution in [3.05, 3.63) is 51.5 Å². The quantitative estimate of drug-likeness (QED) is 0.690. The van der Waals surface area contributed by atoms with Gasteiger partial charge in [-0.15, -0.1) is 0 Å². The van der Waals surface area contributed by atoms with Crippen molar-refractivity contribution >= 4 is 28.9 Å². The molecule has 0 radical (unpaired) electrons. The molecule has 0 aromatic heterocycles. The molecule has 0 saturated carbocycles. The Balaban J connectivity index is 2.47. The van der Waals surface area contributed by atoms with Crippen molar-refractivity contribution < 1.29 is 4.74 Å². The van der Waals surface area contributed by atoms with E-state index in [0.29, 0.717) is 21.5 Å². The predicted octanol–water partition coefficient (Wildman–Crippen LogP) is 5.97. The summed E-state index contributed by atoms with van der Waals surface area (Å²) in [5.41, 5.74) is 8.69. The number of ether oxygens (including phenoxy) is 1. The summed E-state index contributed by atoms with van der Waals surface area (Å²) in [6.07, 6.45) is 0. The minimum absolute atomic E-state index is 0.0354. The molecule has 2 N–H and O–H groups in total. The molecule has 0 amide bonds. The van der Waals surface area contributed by atoms with Gasteiger partial charge in [-0.25, -0.2) is 0 Å². The number of aryl methyl sites for hydroxylation is 1. The van der Waals surface area contributed by atoms with Crippen LogP contribution in [0.4, 0.5) is 5.69 Å². The third-order valence-electron chi connectivity index (χ3n) is 3.22. The fourth-order valence-corrected chi connectivity index (χ4v) is 2.40. The Morgan fingerprint density at radius 3 is 2.19 bits per heavy atom. The molecule has 0 atom stereocenters.